The van der Waals surface area contributed by atoms with Gasteiger partial charge in [-0.3, -0.25) is 0 Å². The zero-order chi connectivity index (χ0) is 36.3. The van der Waals surface area contributed by atoms with E-state index in [0.29, 0.717) is 5.89 Å². The number of hydrogen-bond acceptors (Lipinski definition) is 4. The van der Waals surface area contributed by atoms with Gasteiger partial charge in [-0.05, 0) is 81.9 Å². The van der Waals surface area contributed by atoms with Crippen molar-refractivity contribution in [1.29, 1.82) is 0 Å². The molecule has 0 saturated carbocycles. The summed E-state index contributed by atoms with van der Waals surface area (Å²) >= 11 is 0. The van der Waals surface area contributed by atoms with E-state index in [9.17, 15) is 0 Å². The van der Waals surface area contributed by atoms with Gasteiger partial charge in [0, 0.05) is 44.2 Å². The zero-order valence-corrected chi connectivity index (χ0v) is 29.7. The number of fused-ring (bicyclic) bond motifs is 8. The molecular formula is C51H32N2O2. The highest BCUT2D eigenvalue weighted by atomic mass is 16.3. The minimum Gasteiger partial charge on any atom is -0.455 e. The molecule has 11 aromatic rings. The summed E-state index contributed by atoms with van der Waals surface area (Å²) in [6.45, 7) is 0. The zero-order valence-electron chi connectivity index (χ0n) is 29.7. The molecule has 0 N–H and O–H groups in total. The Morgan fingerprint density at radius 2 is 1.05 bits per heavy atom. The lowest BCUT2D eigenvalue weighted by Gasteiger charge is -2.28. The van der Waals surface area contributed by atoms with Gasteiger partial charge in [-0.1, -0.05) is 140 Å². The molecule has 0 aliphatic heterocycles. The molecule has 0 unspecified atom stereocenters. The Labute approximate surface area is 317 Å². The van der Waals surface area contributed by atoms with E-state index in [-0.39, 0.29) is 0 Å². The SMILES string of the molecule is c1ccc(-c2cccc(N(c3ccc4ccc5ccc6oc(-c7ccccc7)nc6c5c4c3)c3ccccc3-c3cccc4c3oc3ccccc34)c2)cc1. The van der Waals surface area contributed by atoms with E-state index in [1.165, 1.54) is 0 Å². The first-order valence-electron chi connectivity index (χ1n) is 18.5. The molecule has 0 aliphatic rings. The highest BCUT2D eigenvalue weighted by Crippen LogP contribution is 2.46. The van der Waals surface area contributed by atoms with Crippen LogP contribution < -0.4 is 4.90 Å². The summed E-state index contributed by atoms with van der Waals surface area (Å²) in [5, 5.41) is 6.63. The van der Waals surface area contributed by atoms with Crippen molar-refractivity contribution >= 4 is 71.6 Å². The summed E-state index contributed by atoms with van der Waals surface area (Å²) in [5.41, 5.74) is 11.9. The Bertz CT molecular complexity index is 3220. The first-order valence-corrected chi connectivity index (χ1v) is 18.5. The maximum absolute atomic E-state index is 6.61. The van der Waals surface area contributed by atoms with E-state index in [1.54, 1.807) is 0 Å². The highest BCUT2D eigenvalue weighted by Gasteiger charge is 2.22. The second-order valence-electron chi connectivity index (χ2n) is 13.9. The van der Waals surface area contributed by atoms with Crippen molar-refractivity contribution in [2.45, 2.75) is 0 Å². The minimum absolute atomic E-state index is 0.615. The number of rotatable bonds is 6. The first-order chi connectivity index (χ1) is 27.3. The molecule has 258 valence electrons. The van der Waals surface area contributed by atoms with Gasteiger partial charge >= 0.3 is 0 Å². The summed E-state index contributed by atoms with van der Waals surface area (Å²) in [6, 6.07) is 68.1. The fourth-order valence-corrected chi connectivity index (χ4v) is 8.10. The van der Waals surface area contributed by atoms with E-state index in [2.05, 4.69) is 150 Å². The van der Waals surface area contributed by atoms with Gasteiger partial charge < -0.3 is 13.7 Å². The average Bonchev–Trinajstić information content (AvgIpc) is 3.87. The third-order valence-corrected chi connectivity index (χ3v) is 10.7. The predicted octanol–water partition coefficient (Wildman–Crippen LogP) is 14.5. The van der Waals surface area contributed by atoms with Gasteiger partial charge in [0.05, 0.1) is 5.69 Å². The van der Waals surface area contributed by atoms with Crippen LogP contribution in [0, 0.1) is 0 Å². The van der Waals surface area contributed by atoms with E-state index in [1.807, 2.05) is 48.5 Å². The van der Waals surface area contributed by atoms with Crippen LogP contribution in [0.25, 0.3) is 88.3 Å². The molecule has 2 aromatic heterocycles. The fraction of sp³-hybridized carbons (Fsp3) is 0. The van der Waals surface area contributed by atoms with Crippen LogP contribution in [0.2, 0.25) is 0 Å². The third kappa shape index (κ3) is 5.19. The molecule has 0 radical (unpaired) electrons. The number of anilines is 3. The smallest absolute Gasteiger partial charge is 0.227 e. The molecule has 0 amide bonds. The first kappa shape index (κ1) is 31.1. The molecule has 0 aliphatic carbocycles. The number of para-hydroxylation sites is 3. The minimum atomic E-state index is 0.615. The van der Waals surface area contributed by atoms with Crippen molar-refractivity contribution in [3.8, 4) is 33.7 Å². The molecule has 0 spiro atoms. The van der Waals surface area contributed by atoms with Crippen LogP contribution in [0.3, 0.4) is 0 Å². The molecule has 4 heteroatoms. The van der Waals surface area contributed by atoms with Gasteiger partial charge in [-0.25, -0.2) is 4.98 Å². The molecule has 0 atom stereocenters. The monoisotopic (exact) mass is 704 g/mol. The lowest BCUT2D eigenvalue weighted by Crippen LogP contribution is -2.11. The van der Waals surface area contributed by atoms with E-state index < -0.39 is 0 Å². The van der Waals surface area contributed by atoms with Gasteiger partial charge in [-0.15, -0.1) is 0 Å². The van der Waals surface area contributed by atoms with Crippen molar-refractivity contribution in [3.63, 3.8) is 0 Å². The highest BCUT2D eigenvalue weighted by molar-refractivity contribution is 6.19. The van der Waals surface area contributed by atoms with Crippen LogP contribution in [-0.4, -0.2) is 4.98 Å². The van der Waals surface area contributed by atoms with E-state index >= 15 is 0 Å². The topological polar surface area (TPSA) is 42.4 Å². The molecule has 0 saturated heterocycles. The molecule has 0 bridgehead atoms. The quantitative estimate of drug-likeness (QED) is 0.162. The summed E-state index contributed by atoms with van der Waals surface area (Å²) in [7, 11) is 0. The van der Waals surface area contributed by atoms with Crippen LogP contribution in [-0.2, 0) is 0 Å². The molecule has 0 fully saturated rings. The van der Waals surface area contributed by atoms with Crippen molar-refractivity contribution in [1.82, 2.24) is 4.98 Å². The van der Waals surface area contributed by atoms with Crippen molar-refractivity contribution in [2.75, 3.05) is 4.90 Å². The molecule has 11 rings (SSSR count). The van der Waals surface area contributed by atoms with Crippen LogP contribution in [0.4, 0.5) is 17.1 Å². The van der Waals surface area contributed by atoms with Crippen LogP contribution in [0.15, 0.2) is 203 Å². The number of benzene rings is 9. The maximum Gasteiger partial charge on any atom is 0.227 e. The van der Waals surface area contributed by atoms with Crippen LogP contribution in [0.5, 0.6) is 0 Å². The summed E-state index contributed by atoms with van der Waals surface area (Å²) < 4.78 is 13.0. The summed E-state index contributed by atoms with van der Waals surface area (Å²) in [6.07, 6.45) is 0. The Morgan fingerprint density at radius 1 is 0.400 bits per heavy atom. The van der Waals surface area contributed by atoms with E-state index in [0.717, 1.165) is 99.5 Å². The summed E-state index contributed by atoms with van der Waals surface area (Å²) in [4.78, 5) is 7.48. The number of hydrogen-bond donors (Lipinski definition) is 0. The predicted molar refractivity (Wildman–Crippen MR) is 227 cm³/mol. The Hall–Kier alpha value is -7.43. The fourth-order valence-electron chi connectivity index (χ4n) is 8.10. The number of nitrogens with zero attached hydrogens (tertiary/aromatic N) is 2. The second-order valence-corrected chi connectivity index (χ2v) is 13.9. The average molecular weight is 705 g/mol. The van der Waals surface area contributed by atoms with Gasteiger partial charge in [-0.2, -0.15) is 0 Å². The normalized spacial score (nSPS) is 11.6. The van der Waals surface area contributed by atoms with Gasteiger partial charge in [0.25, 0.3) is 0 Å². The number of furan rings is 1. The molecular weight excluding hydrogens is 673 g/mol. The third-order valence-electron chi connectivity index (χ3n) is 10.7. The van der Waals surface area contributed by atoms with Crippen molar-refractivity contribution in [2.24, 2.45) is 0 Å². The Morgan fingerprint density at radius 3 is 1.95 bits per heavy atom. The number of aromatic nitrogens is 1. The van der Waals surface area contributed by atoms with Gasteiger partial charge in [0.1, 0.15) is 16.7 Å². The van der Waals surface area contributed by atoms with Gasteiger partial charge in [0.2, 0.25) is 5.89 Å². The molecule has 4 nitrogen and oxygen atoms in total. The lowest BCUT2D eigenvalue weighted by atomic mass is 9.97. The summed E-state index contributed by atoms with van der Waals surface area (Å²) in [5.74, 6) is 0.615. The van der Waals surface area contributed by atoms with E-state index in [4.69, 9.17) is 13.8 Å². The van der Waals surface area contributed by atoms with Crippen LogP contribution in [0.1, 0.15) is 0 Å². The lowest BCUT2D eigenvalue weighted by molar-refractivity contribution is 0.620. The standard InChI is InChI=1S/C51H32N2O2/c1-3-13-33(14-4-1)37-17-11-18-38(31-37)53(45-23-9-7-19-40(45)42-21-12-22-43-41-20-8-10-24-46(41)54-50(42)43)39-29-27-34-25-26-35-28-30-47-49(48(35)44(34)32-39)52-51(55-47)36-15-5-2-6-16-36/h1-32H. The molecule has 55 heavy (non-hydrogen) atoms. The van der Waals surface area contributed by atoms with Crippen molar-refractivity contribution in [3.05, 3.63) is 194 Å². The maximum atomic E-state index is 6.61. The molecule has 2 heterocycles. The van der Waals surface area contributed by atoms with Crippen LogP contribution >= 0.6 is 0 Å². The Balaban J connectivity index is 1.17. The van der Waals surface area contributed by atoms with Crippen molar-refractivity contribution < 1.29 is 8.83 Å². The number of oxazole rings is 1. The van der Waals surface area contributed by atoms with Gasteiger partial charge in [0.15, 0.2) is 5.58 Å². The largest absolute Gasteiger partial charge is 0.455 e. The molecule has 9 aromatic carbocycles. The Kier molecular flexibility index (Phi) is 7.14. The second kappa shape index (κ2) is 12.6.